The maximum Gasteiger partial charge on any atom is 0.333 e. The van der Waals surface area contributed by atoms with E-state index in [1.165, 1.54) is 12.8 Å². The summed E-state index contributed by atoms with van der Waals surface area (Å²) in [7, 11) is 0. The van der Waals surface area contributed by atoms with Gasteiger partial charge in [0.2, 0.25) is 0 Å². The van der Waals surface area contributed by atoms with Gasteiger partial charge in [-0.3, -0.25) is 0 Å². The van der Waals surface area contributed by atoms with E-state index in [4.69, 9.17) is 4.74 Å². The predicted molar refractivity (Wildman–Crippen MR) is 54.8 cm³/mol. The van der Waals surface area contributed by atoms with Crippen LogP contribution in [0.3, 0.4) is 0 Å². The SMILES string of the molecule is C=C(CC)C(=O)OC1CC2CC(C2)C1. The van der Waals surface area contributed by atoms with Crippen LogP contribution >= 0.6 is 0 Å². The molecule has 0 N–H and O–H groups in total. The van der Waals surface area contributed by atoms with Crippen LogP contribution in [0.2, 0.25) is 0 Å². The Kier molecular flexibility index (Phi) is 2.62. The summed E-state index contributed by atoms with van der Waals surface area (Å²) in [5.41, 5.74) is 0.601. The van der Waals surface area contributed by atoms with E-state index in [1.807, 2.05) is 6.92 Å². The van der Waals surface area contributed by atoms with E-state index in [1.54, 1.807) is 0 Å². The van der Waals surface area contributed by atoms with E-state index in [0.717, 1.165) is 24.7 Å². The smallest absolute Gasteiger partial charge is 0.333 e. The quantitative estimate of drug-likeness (QED) is 0.510. The minimum atomic E-state index is -0.182. The topological polar surface area (TPSA) is 26.3 Å². The largest absolute Gasteiger partial charge is 0.459 e. The third kappa shape index (κ3) is 1.84. The maximum absolute atomic E-state index is 11.4. The number of fused-ring (bicyclic) bond motifs is 2. The molecule has 3 aliphatic carbocycles. The standard InChI is InChI=1S/C12H18O2/c1-3-8(2)12(13)14-11-6-9-4-10(5-9)7-11/h9-11H,2-7H2,1H3. The van der Waals surface area contributed by atoms with Gasteiger partial charge in [-0.2, -0.15) is 0 Å². The second-order valence-electron chi connectivity index (χ2n) is 4.66. The molecule has 0 heterocycles. The molecule has 3 saturated carbocycles. The average molecular weight is 194 g/mol. The number of hydrogen-bond acceptors (Lipinski definition) is 2. The van der Waals surface area contributed by atoms with Crippen LogP contribution in [0.5, 0.6) is 0 Å². The van der Waals surface area contributed by atoms with Gasteiger partial charge in [0.15, 0.2) is 0 Å². The Bertz CT molecular complexity index is 241. The van der Waals surface area contributed by atoms with Gasteiger partial charge >= 0.3 is 5.97 Å². The molecule has 3 rings (SSSR count). The molecule has 0 aromatic carbocycles. The fourth-order valence-electron chi connectivity index (χ4n) is 2.57. The predicted octanol–water partition coefficient (Wildman–Crippen LogP) is 2.68. The lowest BCUT2D eigenvalue weighted by molar-refractivity contribution is -0.150. The molecule has 3 aliphatic rings. The van der Waals surface area contributed by atoms with Gasteiger partial charge in [-0.05, 0) is 43.9 Å². The van der Waals surface area contributed by atoms with Crippen molar-refractivity contribution < 1.29 is 9.53 Å². The number of hydrogen-bond donors (Lipinski definition) is 0. The molecule has 0 unspecified atom stereocenters. The lowest BCUT2D eigenvalue weighted by Crippen LogP contribution is -2.39. The molecule has 2 heteroatoms. The van der Waals surface area contributed by atoms with E-state index >= 15 is 0 Å². The number of carbonyl (C=O) groups excluding carboxylic acids is 1. The van der Waals surface area contributed by atoms with Crippen molar-refractivity contribution in [1.82, 2.24) is 0 Å². The van der Waals surface area contributed by atoms with Crippen LogP contribution in [0.15, 0.2) is 12.2 Å². The zero-order valence-corrected chi connectivity index (χ0v) is 8.79. The maximum atomic E-state index is 11.4. The van der Waals surface area contributed by atoms with E-state index < -0.39 is 0 Å². The third-order valence-corrected chi connectivity index (χ3v) is 3.51. The first-order chi connectivity index (χ1) is 6.69. The molecular formula is C12H18O2. The molecule has 2 nitrogen and oxygen atoms in total. The molecule has 14 heavy (non-hydrogen) atoms. The van der Waals surface area contributed by atoms with Gasteiger partial charge in [0.1, 0.15) is 6.10 Å². The molecule has 0 amide bonds. The fourth-order valence-corrected chi connectivity index (χ4v) is 2.57. The summed E-state index contributed by atoms with van der Waals surface area (Å²) in [5.74, 6) is 1.49. The molecule has 3 fully saturated rings. The zero-order chi connectivity index (χ0) is 10.1. The summed E-state index contributed by atoms with van der Waals surface area (Å²) in [4.78, 5) is 11.4. The van der Waals surface area contributed by atoms with E-state index in [9.17, 15) is 4.79 Å². The Hall–Kier alpha value is -0.790. The van der Waals surface area contributed by atoms with Crippen molar-refractivity contribution in [2.24, 2.45) is 11.8 Å². The molecule has 0 radical (unpaired) electrons. The zero-order valence-electron chi connectivity index (χ0n) is 8.79. The third-order valence-electron chi connectivity index (χ3n) is 3.51. The van der Waals surface area contributed by atoms with Crippen LogP contribution in [0.4, 0.5) is 0 Å². The van der Waals surface area contributed by atoms with Crippen molar-refractivity contribution in [2.75, 3.05) is 0 Å². The Labute approximate surface area is 85.3 Å². The molecule has 78 valence electrons. The van der Waals surface area contributed by atoms with E-state index in [-0.39, 0.29) is 12.1 Å². The highest BCUT2D eigenvalue weighted by Gasteiger charge is 2.39. The van der Waals surface area contributed by atoms with Gasteiger partial charge in [-0.15, -0.1) is 0 Å². The summed E-state index contributed by atoms with van der Waals surface area (Å²) in [5, 5.41) is 0. The molecular weight excluding hydrogens is 176 g/mol. The van der Waals surface area contributed by atoms with Crippen LogP contribution in [-0.2, 0) is 9.53 Å². The monoisotopic (exact) mass is 194 g/mol. The van der Waals surface area contributed by atoms with E-state index in [2.05, 4.69) is 6.58 Å². The summed E-state index contributed by atoms with van der Waals surface area (Å²) < 4.78 is 5.41. The summed E-state index contributed by atoms with van der Waals surface area (Å²) in [6.45, 7) is 5.63. The van der Waals surface area contributed by atoms with Crippen molar-refractivity contribution in [3.63, 3.8) is 0 Å². The van der Waals surface area contributed by atoms with Gasteiger partial charge < -0.3 is 4.74 Å². The van der Waals surface area contributed by atoms with Gasteiger partial charge in [-0.1, -0.05) is 13.5 Å². The van der Waals surface area contributed by atoms with Gasteiger partial charge in [0.25, 0.3) is 0 Å². The average Bonchev–Trinajstić information content (AvgIpc) is 2.15. The molecule has 0 aromatic rings. The second kappa shape index (κ2) is 3.76. The second-order valence-corrected chi connectivity index (χ2v) is 4.66. The highest BCUT2D eigenvalue weighted by atomic mass is 16.5. The molecule has 0 aliphatic heterocycles. The van der Waals surface area contributed by atoms with Gasteiger partial charge in [-0.25, -0.2) is 4.79 Å². The summed E-state index contributed by atoms with van der Waals surface area (Å²) in [6.07, 6.45) is 5.77. The molecule has 0 atom stereocenters. The number of rotatable bonds is 3. The fraction of sp³-hybridized carbons (Fsp3) is 0.750. The van der Waals surface area contributed by atoms with Crippen LogP contribution in [-0.4, -0.2) is 12.1 Å². The van der Waals surface area contributed by atoms with Gasteiger partial charge in [0.05, 0.1) is 0 Å². The Balaban J connectivity index is 1.80. The van der Waals surface area contributed by atoms with Crippen LogP contribution in [0.1, 0.15) is 39.0 Å². The molecule has 2 bridgehead atoms. The first kappa shape index (κ1) is 9.75. The minimum Gasteiger partial charge on any atom is -0.459 e. The van der Waals surface area contributed by atoms with Crippen LogP contribution < -0.4 is 0 Å². The van der Waals surface area contributed by atoms with Crippen molar-refractivity contribution >= 4 is 5.97 Å². The Morgan fingerprint density at radius 3 is 2.36 bits per heavy atom. The number of carbonyl (C=O) groups is 1. The Morgan fingerprint density at radius 1 is 1.29 bits per heavy atom. The summed E-state index contributed by atoms with van der Waals surface area (Å²) in [6, 6.07) is 0. The number of ether oxygens (including phenoxy) is 1. The minimum absolute atomic E-state index is 0.182. The number of esters is 1. The first-order valence-electron chi connectivity index (χ1n) is 5.57. The van der Waals surface area contributed by atoms with Crippen LogP contribution in [0, 0.1) is 11.8 Å². The lowest BCUT2D eigenvalue weighted by atomic mass is 9.64. The molecule has 0 spiro atoms. The molecule has 0 aromatic heterocycles. The highest BCUT2D eigenvalue weighted by Crippen LogP contribution is 2.46. The highest BCUT2D eigenvalue weighted by molar-refractivity contribution is 5.87. The normalized spacial score (nSPS) is 34.5. The molecule has 0 saturated heterocycles. The summed E-state index contributed by atoms with van der Waals surface area (Å²) >= 11 is 0. The Morgan fingerprint density at radius 2 is 1.86 bits per heavy atom. The van der Waals surface area contributed by atoms with Crippen molar-refractivity contribution in [3.8, 4) is 0 Å². The van der Waals surface area contributed by atoms with Crippen LogP contribution in [0.25, 0.3) is 0 Å². The first-order valence-corrected chi connectivity index (χ1v) is 5.57. The lowest BCUT2D eigenvalue weighted by Gasteiger charge is -2.44. The van der Waals surface area contributed by atoms with Crippen molar-refractivity contribution in [1.29, 1.82) is 0 Å². The van der Waals surface area contributed by atoms with E-state index in [0.29, 0.717) is 12.0 Å². The van der Waals surface area contributed by atoms with Gasteiger partial charge in [0, 0.05) is 5.57 Å². The van der Waals surface area contributed by atoms with Crippen molar-refractivity contribution in [2.45, 2.75) is 45.1 Å². The van der Waals surface area contributed by atoms with Crippen molar-refractivity contribution in [3.05, 3.63) is 12.2 Å².